The fourth-order valence-electron chi connectivity index (χ4n) is 2.68. The maximum absolute atomic E-state index is 12.6. The largest absolute Gasteiger partial charge is 0.444 e. The van der Waals surface area contributed by atoms with Gasteiger partial charge in [0.15, 0.2) is 5.96 Å². The van der Waals surface area contributed by atoms with Crippen LogP contribution in [0.5, 0.6) is 0 Å². The lowest BCUT2D eigenvalue weighted by Crippen LogP contribution is -2.37. The van der Waals surface area contributed by atoms with Crippen molar-refractivity contribution in [1.29, 1.82) is 0 Å². The molecule has 0 fully saturated rings. The Hall–Kier alpha value is -2.56. The summed E-state index contributed by atoms with van der Waals surface area (Å²) < 4.78 is 43.3. The van der Waals surface area contributed by atoms with Gasteiger partial charge in [-0.1, -0.05) is 30.3 Å². The van der Waals surface area contributed by atoms with E-state index in [1.54, 1.807) is 13.3 Å². The minimum atomic E-state index is -4.32. The molecule has 2 N–H and O–H groups in total. The Morgan fingerprint density at radius 1 is 1.03 bits per heavy atom. The van der Waals surface area contributed by atoms with E-state index in [1.165, 1.54) is 12.1 Å². The molecule has 3 rings (SSSR count). The van der Waals surface area contributed by atoms with Crippen molar-refractivity contribution in [3.8, 4) is 11.5 Å². The summed E-state index contributed by atoms with van der Waals surface area (Å²) in [6.07, 6.45) is -2.16. The average molecular weight is 530 g/mol. The molecule has 0 spiro atoms. The van der Waals surface area contributed by atoms with Gasteiger partial charge in [-0.05, 0) is 36.2 Å². The number of rotatable bonds is 6. The van der Waals surface area contributed by atoms with Crippen LogP contribution in [0, 0.1) is 0 Å². The zero-order valence-electron chi connectivity index (χ0n) is 16.2. The van der Waals surface area contributed by atoms with Crippen LogP contribution in [0.2, 0.25) is 0 Å². The van der Waals surface area contributed by atoms with E-state index in [0.717, 1.165) is 29.0 Å². The van der Waals surface area contributed by atoms with Crippen LogP contribution in [-0.2, 0) is 19.1 Å². The Morgan fingerprint density at radius 2 is 1.73 bits per heavy atom. The van der Waals surface area contributed by atoms with E-state index >= 15 is 0 Å². The lowest BCUT2D eigenvalue weighted by molar-refractivity contribution is -0.137. The lowest BCUT2D eigenvalue weighted by Gasteiger charge is -2.11. The van der Waals surface area contributed by atoms with Gasteiger partial charge in [0.05, 0.1) is 17.8 Å². The van der Waals surface area contributed by atoms with Crippen molar-refractivity contribution in [2.24, 2.45) is 4.99 Å². The van der Waals surface area contributed by atoms with E-state index in [4.69, 9.17) is 4.42 Å². The van der Waals surface area contributed by atoms with Gasteiger partial charge in [-0.2, -0.15) is 13.2 Å². The number of hydrogen-bond acceptors (Lipinski definition) is 3. The second kappa shape index (κ2) is 11.0. The molecular formula is C21H22F3IN4O. The molecule has 0 bridgehead atoms. The fourth-order valence-corrected chi connectivity index (χ4v) is 2.68. The van der Waals surface area contributed by atoms with Crippen LogP contribution in [0.4, 0.5) is 13.2 Å². The third-order valence-electron chi connectivity index (χ3n) is 4.22. The molecule has 2 aromatic carbocycles. The van der Waals surface area contributed by atoms with Crippen LogP contribution in [0.25, 0.3) is 11.5 Å². The first-order valence-electron chi connectivity index (χ1n) is 9.06. The topological polar surface area (TPSA) is 62.5 Å². The number of guanidine groups is 1. The van der Waals surface area contributed by atoms with Gasteiger partial charge in [0.2, 0.25) is 5.89 Å². The monoisotopic (exact) mass is 530 g/mol. The van der Waals surface area contributed by atoms with Crippen molar-refractivity contribution < 1.29 is 17.6 Å². The number of aliphatic imine (C=N–C) groups is 1. The summed E-state index contributed by atoms with van der Waals surface area (Å²) in [7, 11) is 1.64. The van der Waals surface area contributed by atoms with Gasteiger partial charge in [0.1, 0.15) is 6.26 Å². The van der Waals surface area contributed by atoms with Gasteiger partial charge in [-0.15, -0.1) is 24.0 Å². The number of benzene rings is 2. The first kappa shape index (κ1) is 23.7. The SMILES string of the molecule is CN=C(NCCc1ccc(C(F)(F)F)cc1)NCc1coc(-c2ccccc2)n1.I. The van der Waals surface area contributed by atoms with Crippen molar-refractivity contribution in [3.05, 3.63) is 77.7 Å². The Labute approximate surface area is 189 Å². The highest BCUT2D eigenvalue weighted by Crippen LogP contribution is 2.29. The van der Waals surface area contributed by atoms with Crippen LogP contribution < -0.4 is 10.6 Å². The maximum atomic E-state index is 12.6. The highest BCUT2D eigenvalue weighted by molar-refractivity contribution is 14.0. The third kappa shape index (κ3) is 6.75. The molecule has 1 aromatic heterocycles. The molecule has 1 heterocycles. The summed E-state index contributed by atoms with van der Waals surface area (Å²) in [5.41, 5.74) is 1.80. The Morgan fingerprint density at radius 3 is 2.37 bits per heavy atom. The van der Waals surface area contributed by atoms with Crippen molar-refractivity contribution in [2.45, 2.75) is 19.1 Å². The third-order valence-corrected chi connectivity index (χ3v) is 4.22. The Bertz CT molecular complexity index is 941. The molecule has 0 aliphatic rings. The molecule has 160 valence electrons. The average Bonchev–Trinajstić information content (AvgIpc) is 3.20. The van der Waals surface area contributed by atoms with Gasteiger partial charge in [0.25, 0.3) is 0 Å². The second-order valence-electron chi connectivity index (χ2n) is 6.31. The molecule has 5 nitrogen and oxygen atoms in total. The van der Waals surface area contributed by atoms with Crippen molar-refractivity contribution in [1.82, 2.24) is 15.6 Å². The number of nitrogens with one attached hydrogen (secondary N) is 2. The summed E-state index contributed by atoms with van der Waals surface area (Å²) in [5.74, 6) is 1.12. The van der Waals surface area contributed by atoms with E-state index in [9.17, 15) is 13.2 Å². The quantitative estimate of drug-likeness (QED) is 0.271. The molecule has 0 amide bonds. The molecule has 0 saturated heterocycles. The Balaban J connectivity index is 0.00000320. The zero-order chi connectivity index (χ0) is 20.7. The first-order chi connectivity index (χ1) is 14.0. The summed E-state index contributed by atoms with van der Waals surface area (Å²) >= 11 is 0. The lowest BCUT2D eigenvalue weighted by atomic mass is 10.1. The van der Waals surface area contributed by atoms with E-state index in [2.05, 4.69) is 20.6 Å². The van der Waals surface area contributed by atoms with Gasteiger partial charge < -0.3 is 15.1 Å². The summed E-state index contributed by atoms with van der Waals surface area (Å²) in [6, 6.07) is 14.8. The predicted octanol–water partition coefficient (Wildman–Crippen LogP) is 4.89. The molecule has 30 heavy (non-hydrogen) atoms. The molecule has 0 radical (unpaired) electrons. The highest BCUT2D eigenvalue weighted by Gasteiger charge is 2.29. The molecule has 0 unspecified atom stereocenters. The minimum Gasteiger partial charge on any atom is -0.444 e. The van der Waals surface area contributed by atoms with Crippen LogP contribution in [-0.4, -0.2) is 24.5 Å². The number of nitrogens with zero attached hydrogens (tertiary/aromatic N) is 2. The van der Waals surface area contributed by atoms with Crippen molar-refractivity contribution in [3.63, 3.8) is 0 Å². The summed E-state index contributed by atoms with van der Waals surface area (Å²) in [4.78, 5) is 8.57. The fraction of sp³-hybridized carbons (Fsp3) is 0.238. The molecule has 3 aromatic rings. The standard InChI is InChI=1S/C21H21F3N4O.HI/c1-25-20(26-12-11-15-7-9-17(10-8-15)21(22,23)24)27-13-18-14-29-19(28-18)16-5-3-2-4-6-16;/h2-10,14H,11-13H2,1H3,(H2,25,26,27);1H. The maximum Gasteiger partial charge on any atom is 0.416 e. The van der Waals surface area contributed by atoms with E-state index in [1.807, 2.05) is 30.3 Å². The number of oxazole rings is 1. The molecule has 0 atom stereocenters. The summed E-state index contributed by atoms with van der Waals surface area (Å²) in [5, 5.41) is 6.26. The van der Waals surface area contributed by atoms with Crippen LogP contribution >= 0.6 is 24.0 Å². The van der Waals surface area contributed by atoms with Gasteiger partial charge in [-0.3, -0.25) is 4.99 Å². The number of alkyl halides is 3. The van der Waals surface area contributed by atoms with Gasteiger partial charge in [0, 0.05) is 19.2 Å². The van der Waals surface area contributed by atoms with E-state index in [0.29, 0.717) is 31.4 Å². The normalized spacial score (nSPS) is 11.7. The molecular weight excluding hydrogens is 508 g/mol. The number of halogens is 4. The second-order valence-corrected chi connectivity index (χ2v) is 6.31. The van der Waals surface area contributed by atoms with Crippen molar-refractivity contribution >= 4 is 29.9 Å². The van der Waals surface area contributed by atoms with Crippen LogP contribution in [0.15, 0.2) is 70.3 Å². The highest BCUT2D eigenvalue weighted by atomic mass is 127. The van der Waals surface area contributed by atoms with E-state index < -0.39 is 11.7 Å². The molecule has 9 heteroatoms. The minimum absolute atomic E-state index is 0. The molecule has 0 aliphatic carbocycles. The van der Waals surface area contributed by atoms with Crippen LogP contribution in [0.3, 0.4) is 0 Å². The Kier molecular flexibility index (Phi) is 8.70. The van der Waals surface area contributed by atoms with Gasteiger partial charge in [-0.25, -0.2) is 4.98 Å². The number of aromatic nitrogens is 1. The smallest absolute Gasteiger partial charge is 0.416 e. The predicted molar refractivity (Wildman–Crippen MR) is 121 cm³/mol. The van der Waals surface area contributed by atoms with E-state index in [-0.39, 0.29) is 24.0 Å². The van der Waals surface area contributed by atoms with Crippen LogP contribution in [0.1, 0.15) is 16.8 Å². The summed E-state index contributed by atoms with van der Waals surface area (Å²) in [6.45, 7) is 0.954. The zero-order valence-corrected chi connectivity index (χ0v) is 18.6. The molecule has 0 saturated carbocycles. The van der Waals surface area contributed by atoms with Crippen molar-refractivity contribution in [2.75, 3.05) is 13.6 Å². The van der Waals surface area contributed by atoms with Gasteiger partial charge >= 0.3 is 6.18 Å². The molecule has 0 aliphatic heterocycles. The first-order valence-corrected chi connectivity index (χ1v) is 9.06. The number of hydrogen-bond donors (Lipinski definition) is 2.